The van der Waals surface area contributed by atoms with Crippen LogP contribution in [0.2, 0.25) is 0 Å². The van der Waals surface area contributed by atoms with Gasteiger partial charge in [0, 0.05) is 5.92 Å². The first kappa shape index (κ1) is 13.8. The maximum Gasteiger partial charge on any atom is 0.511 e. The fourth-order valence-electron chi connectivity index (χ4n) is 2.85. The average Bonchev–Trinajstić information content (AvgIpc) is 2.97. The van der Waals surface area contributed by atoms with E-state index in [-0.39, 0.29) is 23.6 Å². The van der Waals surface area contributed by atoms with Gasteiger partial charge in [-0.2, -0.15) is 0 Å². The number of nitro groups is 1. The molecule has 0 amide bonds. The largest absolute Gasteiger partial charge is 0.511 e. The highest BCUT2D eigenvalue weighted by Gasteiger charge is 2.42. The molecular formula is C13H13NO7. The van der Waals surface area contributed by atoms with E-state index in [9.17, 15) is 14.9 Å². The van der Waals surface area contributed by atoms with Gasteiger partial charge >= 0.3 is 11.8 Å². The monoisotopic (exact) mass is 295 g/mol. The van der Waals surface area contributed by atoms with Crippen LogP contribution in [0.25, 0.3) is 0 Å². The third kappa shape index (κ3) is 2.55. The average molecular weight is 295 g/mol. The van der Waals surface area contributed by atoms with Gasteiger partial charge < -0.3 is 19.3 Å². The Morgan fingerprint density at radius 3 is 2.95 bits per heavy atom. The number of carbonyl (C=O) groups is 1. The minimum atomic E-state index is -1.59. The molecule has 0 saturated carbocycles. The molecule has 1 N–H and O–H groups in total. The van der Waals surface area contributed by atoms with E-state index in [4.69, 9.17) is 14.6 Å². The van der Waals surface area contributed by atoms with E-state index in [2.05, 4.69) is 4.74 Å². The van der Waals surface area contributed by atoms with Crippen molar-refractivity contribution in [1.82, 2.24) is 0 Å². The van der Waals surface area contributed by atoms with Crippen molar-refractivity contribution in [2.45, 2.75) is 25.2 Å². The van der Waals surface area contributed by atoms with E-state index in [0.717, 1.165) is 6.42 Å². The summed E-state index contributed by atoms with van der Waals surface area (Å²) in [6, 6.07) is 4.32. The Kier molecular flexibility index (Phi) is 3.48. The van der Waals surface area contributed by atoms with Crippen LogP contribution >= 0.6 is 0 Å². The van der Waals surface area contributed by atoms with Crippen molar-refractivity contribution >= 4 is 11.8 Å². The fraction of sp³-hybridized carbons (Fsp3) is 0.462. The maximum absolute atomic E-state index is 11.3. The van der Waals surface area contributed by atoms with E-state index in [0.29, 0.717) is 18.6 Å². The number of hydrogen-bond acceptors (Lipinski definition) is 6. The molecule has 0 spiro atoms. The number of carboxylic acid groups (broad SMARTS) is 1. The van der Waals surface area contributed by atoms with Crippen LogP contribution < -0.4 is 4.74 Å². The molecule has 0 aromatic heterocycles. The highest BCUT2D eigenvalue weighted by molar-refractivity contribution is 5.66. The van der Waals surface area contributed by atoms with Gasteiger partial charge in [0.1, 0.15) is 0 Å². The highest BCUT2D eigenvalue weighted by atomic mass is 16.7. The van der Waals surface area contributed by atoms with Crippen molar-refractivity contribution in [3.8, 4) is 5.75 Å². The van der Waals surface area contributed by atoms with E-state index in [1.54, 1.807) is 6.07 Å². The molecule has 0 bridgehead atoms. The van der Waals surface area contributed by atoms with Crippen LogP contribution in [0, 0.1) is 16.0 Å². The first-order valence-corrected chi connectivity index (χ1v) is 6.51. The second kappa shape index (κ2) is 5.30. The number of para-hydroxylation sites is 1. The quantitative estimate of drug-likeness (QED) is 0.395. The van der Waals surface area contributed by atoms with Gasteiger partial charge in [0.25, 0.3) is 0 Å². The van der Waals surface area contributed by atoms with Crippen LogP contribution in [0.5, 0.6) is 5.75 Å². The Balaban J connectivity index is 1.94. The minimum absolute atomic E-state index is 0.221. The molecule has 3 atom stereocenters. The summed E-state index contributed by atoms with van der Waals surface area (Å²) < 4.78 is 15.6. The van der Waals surface area contributed by atoms with Crippen molar-refractivity contribution in [2.75, 3.05) is 6.61 Å². The lowest BCUT2D eigenvalue weighted by Gasteiger charge is -2.14. The second-order valence-corrected chi connectivity index (χ2v) is 4.97. The van der Waals surface area contributed by atoms with Crippen molar-refractivity contribution in [1.29, 1.82) is 0 Å². The van der Waals surface area contributed by atoms with Gasteiger partial charge in [0.05, 0.1) is 23.2 Å². The van der Waals surface area contributed by atoms with Gasteiger partial charge in [-0.3, -0.25) is 10.1 Å². The van der Waals surface area contributed by atoms with Crippen molar-refractivity contribution in [3.05, 3.63) is 33.9 Å². The zero-order valence-electron chi connectivity index (χ0n) is 10.9. The molecule has 8 heteroatoms. The fourth-order valence-corrected chi connectivity index (χ4v) is 2.85. The molecule has 112 valence electrons. The third-order valence-corrected chi connectivity index (χ3v) is 3.73. The van der Waals surface area contributed by atoms with E-state index >= 15 is 0 Å². The number of hydrogen-bond donors (Lipinski definition) is 1. The SMILES string of the molecule is O=C(O)Oc1cccc(C2CC3CCO[C@H]3O2)c1[N+](=O)[O-]. The van der Waals surface area contributed by atoms with E-state index in [1.807, 2.05) is 0 Å². The third-order valence-electron chi connectivity index (χ3n) is 3.73. The molecule has 2 fully saturated rings. The Morgan fingerprint density at radius 2 is 2.29 bits per heavy atom. The predicted molar refractivity (Wildman–Crippen MR) is 68.0 cm³/mol. The summed E-state index contributed by atoms with van der Waals surface area (Å²) in [5.41, 5.74) is -0.0541. The number of ether oxygens (including phenoxy) is 3. The molecule has 2 saturated heterocycles. The Bertz CT molecular complexity index is 576. The first-order valence-electron chi connectivity index (χ1n) is 6.51. The van der Waals surface area contributed by atoms with Crippen LogP contribution in [-0.4, -0.2) is 29.1 Å². The highest BCUT2D eigenvalue weighted by Crippen LogP contribution is 2.46. The molecule has 2 aliphatic rings. The second-order valence-electron chi connectivity index (χ2n) is 4.97. The van der Waals surface area contributed by atoms with Gasteiger partial charge in [-0.15, -0.1) is 0 Å². The van der Waals surface area contributed by atoms with Crippen LogP contribution in [-0.2, 0) is 9.47 Å². The number of nitrogens with zero attached hydrogens (tertiary/aromatic N) is 1. The summed E-state index contributed by atoms with van der Waals surface area (Å²) in [4.78, 5) is 21.3. The molecule has 1 aromatic rings. The van der Waals surface area contributed by atoms with Crippen LogP contribution in [0.3, 0.4) is 0 Å². The van der Waals surface area contributed by atoms with Crippen LogP contribution in [0.1, 0.15) is 24.5 Å². The standard InChI is InChI=1S/C13H13NO7/c15-13(16)21-9-3-1-2-8(11(9)14(17)18)10-6-7-4-5-19-12(7)20-10/h1-3,7,10,12H,4-6H2,(H,15,16)/t7?,10?,12-/m0/s1. The lowest BCUT2D eigenvalue weighted by molar-refractivity contribution is -0.387. The summed E-state index contributed by atoms with van der Waals surface area (Å²) in [6.07, 6.45) is -0.943. The van der Waals surface area contributed by atoms with Gasteiger partial charge in [-0.1, -0.05) is 6.07 Å². The molecule has 8 nitrogen and oxygen atoms in total. The number of fused-ring (bicyclic) bond motifs is 1. The lowest BCUT2D eigenvalue weighted by atomic mass is 9.97. The molecule has 0 radical (unpaired) electrons. The molecule has 21 heavy (non-hydrogen) atoms. The van der Waals surface area contributed by atoms with Crippen LogP contribution in [0.15, 0.2) is 18.2 Å². The Hall–Kier alpha value is -2.19. The van der Waals surface area contributed by atoms with Crippen molar-refractivity contribution in [3.63, 3.8) is 0 Å². The maximum atomic E-state index is 11.3. The van der Waals surface area contributed by atoms with Gasteiger partial charge in [-0.25, -0.2) is 4.79 Å². The normalized spacial score (nSPS) is 27.3. The summed E-state index contributed by atoms with van der Waals surface area (Å²) in [7, 11) is 0. The zero-order chi connectivity index (χ0) is 15.0. The molecule has 2 heterocycles. The van der Waals surface area contributed by atoms with E-state index in [1.165, 1.54) is 12.1 Å². The summed E-state index contributed by atoms with van der Waals surface area (Å²) in [6.45, 7) is 0.631. The molecule has 2 aliphatic heterocycles. The number of rotatable bonds is 3. The molecule has 1 aromatic carbocycles. The number of benzene rings is 1. The summed E-state index contributed by atoms with van der Waals surface area (Å²) in [5, 5.41) is 19.9. The smallest absolute Gasteiger partial charge is 0.449 e. The molecule has 2 unspecified atom stereocenters. The van der Waals surface area contributed by atoms with Crippen molar-refractivity contribution in [2.24, 2.45) is 5.92 Å². The zero-order valence-corrected chi connectivity index (χ0v) is 10.9. The first-order chi connectivity index (χ1) is 10.1. The van der Waals surface area contributed by atoms with Crippen LogP contribution in [0.4, 0.5) is 10.5 Å². The molecular weight excluding hydrogens is 282 g/mol. The Labute approximate surface area is 119 Å². The summed E-state index contributed by atoms with van der Waals surface area (Å²) >= 11 is 0. The number of nitro benzene ring substituents is 1. The van der Waals surface area contributed by atoms with Gasteiger partial charge in [-0.05, 0) is 25.0 Å². The summed E-state index contributed by atoms with van der Waals surface area (Å²) in [5.74, 6) is -0.0785. The topological polar surface area (TPSA) is 108 Å². The minimum Gasteiger partial charge on any atom is -0.449 e. The van der Waals surface area contributed by atoms with E-state index < -0.39 is 17.2 Å². The predicted octanol–water partition coefficient (Wildman–Crippen LogP) is 2.48. The van der Waals surface area contributed by atoms with Crippen molar-refractivity contribution < 1.29 is 29.0 Å². The lowest BCUT2D eigenvalue weighted by Crippen LogP contribution is -2.11. The van der Waals surface area contributed by atoms with Gasteiger partial charge in [0.2, 0.25) is 5.75 Å². The molecule has 0 aliphatic carbocycles. The molecule has 3 rings (SSSR count). The Morgan fingerprint density at radius 1 is 1.48 bits per heavy atom. The van der Waals surface area contributed by atoms with Gasteiger partial charge in [0.15, 0.2) is 6.29 Å².